The Morgan fingerprint density at radius 2 is 1.62 bits per heavy atom. The molecular formula is C15H15N. The summed E-state index contributed by atoms with van der Waals surface area (Å²) in [6, 6.07) is 10.3. The molecule has 0 unspecified atom stereocenters. The summed E-state index contributed by atoms with van der Waals surface area (Å²) in [5.74, 6) is 0. The summed E-state index contributed by atoms with van der Waals surface area (Å²) in [6.45, 7) is 4.17. The lowest BCUT2D eigenvalue weighted by Crippen LogP contribution is -1.88. The van der Waals surface area contributed by atoms with Gasteiger partial charge in [0.1, 0.15) is 0 Å². The van der Waals surface area contributed by atoms with E-state index in [0.717, 1.165) is 5.57 Å². The summed E-state index contributed by atoms with van der Waals surface area (Å²) >= 11 is 0. The molecule has 0 spiro atoms. The number of aliphatic imine (C=N–C) groups is 1. The SMILES string of the molecule is CC1=C/N=C\C(c2ccccc2)=C/C(C)=C\1. The summed E-state index contributed by atoms with van der Waals surface area (Å²) in [5.41, 5.74) is 4.78. The van der Waals surface area contributed by atoms with Crippen molar-refractivity contribution in [3.63, 3.8) is 0 Å². The Hall–Kier alpha value is -1.89. The largest absolute Gasteiger partial charge is 0.264 e. The molecule has 1 nitrogen and oxygen atoms in total. The second kappa shape index (κ2) is 4.75. The van der Waals surface area contributed by atoms with E-state index in [1.807, 2.05) is 30.6 Å². The molecule has 0 atom stereocenters. The van der Waals surface area contributed by atoms with Gasteiger partial charge in [0.25, 0.3) is 0 Å². The molecule has 0 aromatic heterocycles. The standard InChI is InChI=1S/C15H15N/c1-12-8-13(2)10-16-11-15(9-12)14-6-4-3-5-7-14/h3-11H,1-2H3/b12-8-,12-9?,13-8?,13-10-,15-9+,15-11?,16-10?,16-11-. The number of hydrogen-bond donors (Lipinski definition) is 0. The van der Waals surface area contributed by atoms with E-state index >= 15 is 0 Å². The molecule has 16 heavy (non-hydrogen) atoms. The fourth-order valence-corrected chi connectivity index (χ4v) is 1.74. The Balaban J connectivity index is 2.40. The first kappa shape index (κ1) is 10.6. The molecule has 1 aliphatic heterocycles. The molecule has 1 heteroatoms. The Kier molecular flexibility index (Phi) is 3.16. The smallest absolute Gasteiger partial charge is 0.0346 e. The maximum Gasteiger partial charge on any atom is 0.0346 e. The number of hydrogen-bond acceptors (Lipinski definition) is 1. The van der Waals surface area contributed by atoms with Crippen molar-refractivity contribution in [2.45, 2.75) is 13.8 Å². The second-order valence-electron chi connectivity index (χ2n) is 4.01. The molecule has 1 aromatic carbocycles. The van der Waals surface area contributed by atoms with Gasteiger partial charge in [-0.05, 0) is 31.1 Å². The number of nitrogens with zero attached hydrogens (tertiary/aromatic N) is 1. The molecule has 1 heterocycles. The van der Waals surface area contributed by atoms with E-state index in [-0.39, 0.29) is 0 Å². The van der Waals surface area contributed by atoms with Gasteiger partial charge in [-0.25, -0.2) is 0 Å². The van der Waals surface area contributed by atoms with Crippen LogP contribution in [0.25, 0.3) is 5.57 Å². The maximum absolute atomic E-state index is 4.30. The van der Waals surface area contributed by atoms with Crippen molar-refractivity contribution in [1.29, 1.82) is 0 Å². The van der Waals surface area contributed by atoms with E-state index in [1.54, 1.807) is 0 Å². The Morgan fingerprint density at radius 3 is 2.38 bits per heavy atom. The molecule has 2 rings (SSSR count). The van der Waals surface area contributed by atoms with Gasteiger partial charge in [-0.1, -0.05) is 42.0 Å². The van der Waals surface area contributed by atoms with E-state index in [0.29, 0.717) is 0 Å². The minimum atomic E-state index is 1.15. The van der Waals surface area contributed by atoms with Gasteiger partial charge in [-0.3, -0.25) is 4.99 Å². The first-order valence-electron chi connectivity index (χ1n) is 5.41. The van der Waals surface area contributed by atoms with Crippen molar-refractivity contribution in [3.05, 3.63) is 65.4 Å². The van der Waals surface area contributed by atoms with Crippen molar-refractivity contribution in [2.75, 3.05) is 0 Å². The molecule has 80 valence electrons. The predicted molar refractivity (Wildman–Crippen MR) is 70.4 cm³/mol. The first-order chi connectivity index (χ1) is 7.75. The van der Waals surface area contributed by atoms with Crippen LogP contribution in [0, 0.1) is 0 Å². The second-order valence-corrected chi connectivity index (χ2v) is 4.01. The number of benzene rings is 1. The highest BCUT2D eigenvalue weighted by Gasteiger charge is 1.99. The van der Waals surface area contributed by atoms with Gasteiger partial charge in [0, 0.05) is 18.0 Å². The minimum absolute atomic E-state index is 1.15. The zero-order chi connectivity index (χ0) is 11.4. The predicted octanol–water partition coefficient (Wildman–Crippen LogP) is 4.00. The molecule has 0 aliphatic carbocycles. The highest BCUT2D eigenvalue weighted by Crippen LogP contribution is 2.17. The van der Waals surface area contributed by atoms with Gasteiger partial charge in [0.15, 0.2) is 0 Å². The molecule has 0 N–H and O–H groups in total. The highest BCUT2D eigenvalue weighted by molar-refractivity contribution is 6.10. The van der Waals surface area contributed by atoms with Gasteiger partial charge in [-0.2, -0.15) is 0 Å². The van der Waals surface area contributed by atoms with Crippen LogP contribution in [-0.2, 0) is 0 Å². The molecule has 0 saturated heterocycles. The van der Waals surface area contributed by atoms with Crippen LogP contribution in [0.2, 0.25) is 0 Å². The lowest BCUT2D eigenvalue weighted by molar-refractivity contribution is 1.38. The van der Waals surface area contributed by atoms with Crippen LogP contribution in [0.5, 0.6) is 0 Å². The maximum atomic E-state index is 4.30. The van der Waals surface area contributed by atoms with Crippen molar-refractivity contribution in [3.8, 4) is 0 Å². The third-order valence-electron chi connectivity index (χ3n) is 2.44. The molecule has 0 bridgehead atoms. The first-order valence-corrected chi connectivity index (χ1v) is 5.41. The zero-order valence-corrected chi connectivity index (χ0v) is 9.64. The van der Waals surface area contributed by atoms with Gasteiger partial charge < -0.3 is 0 Å². The van der Waals surface area contributed by atoms with Crippen molar-refractivity contribution in [1.82, 2.24) is 0 Å². The normalized spacial score (nSPS) is 27.5. The Morgan fingerprint density at radius 1 is 0.875 bits per heavy atom. The fraction of sp³-hybridized carbons (Fsp3) is 0.133. The van der Waals surface area contributed by atoms with Gasteiger partial charge in [-0.15, -0.1) is 0 Å². The summed E-state index contributed by atoms with van der Waals surface area (Å²) in [7, 11) is 0. The molecule has 1 aromatic rings. The molecular weight excluding hydrogens is 194 g/mol. The summed E-state index contributed by atoms with van der Waals surface area (Å²) in [4.78, 5) is 4.30. The van der Waals surface area contributed by atoms with E-state index in [4.69, 9.17) is 0 Å². The average molecular weight is 209 g/mol. The molecule has 0 amide bonds. The van der Waals surface area contributed by atoms with Crippen LogP contribution in [0.3, 0.4) is 0 Å². The molecule has 0 saturated carbocycles. The van der Waals surface area contributed by atoms with Crippen LogP contribution in [0.1, 0.15) is 19.4 Å². The summed E-state index contributed by atoms with van der Waals surface area (Å²) in [5, 5.41) is 0. The molecule has 0 fully saturated rings. The average Bonchev–Trinajstić information content (AvgIpc) is 2.26. The third-order valence-corrected chi connectivity index (χ3v) is 2.44. The van der Waals surface area contributed by atoms with E-state index < -0.39 is 0 Å². The Labute approximate surface area is 96.5 Å². The van der Waals surface area contributed by atoms with Crippen LogP contribution < -0.4 is 0 Å². The molecule has 1 aliphatic rings. The van der Waals surface area contributed by atoms with E-state index in [1.165, 1.54) is 16.7 Å². The van der Waals surface area contributed by atoms with Gasteiger partial charge in [0.05, 0.1) is 0 Å². The summed E-state index contributed by atoms with van der Waals surface area (Å²) < 4.78 is 0. The van der Waals surface area contributed by atoms with E-state index in [2.05, 4.69) is 43.1 Å². The monoisotopic (exact) mass is 209 g/mol. The quantitative estimate of drug-likeness (QED) is 0.662. The van der Waals surface area contributed by atoms with Crippen molar-refractivity contribution < 1.29 is 0 Å². The van der Waals surface area contributed by atoms with Gasteiger partial charge in [0.2, 0.25) is 0 Å². The fourth-order valence-electron chi connectivity index (χ4n) is 1.74. The van der Waals surface area contributed by atoms with Crippen LogP contribution in [-0.4, -0.2) is 6.21 Å². The lowest BCUT2D eigenvalue weighted by atomic mass is 10.0. The van der Waals surface area contributed by atoms with Gasteiger partial charge >= 0.3 is 0 Å². The minimum Gasteiger partial charge on any atom is -0.264 e. The van der Waals surface area contributed by atoms with Crippen LogP contribution >= 0.6 is 0 Å². The van der Waals surface area contributed by atoms with Crippen LogP contribution in [0.15, 0.2) is 64.8 Å². The topological polar surface area (TPSA) is 12.4 Å². The summed E-state index contributed by atoms with van der Waals surface area (Å²) in [6.07, 6.45) is 8.10. The van der Waals surface area contributed by atoms with E-state index in [9.17, 15) is 0 Å². The Bertz CT molecular complexity index is 487. The van der Waals surface area contributed by atoms with Crippen molar-refractivity contribution >= 4 is 11.8 Å². The van der Waals surface area contributed by atoms with Crippen molar-refractivity contribution in [2.24, 2.45) is 4.99 Å². The number of rotatable bonds is 1. The zero-order valence-electron chi connectivity index (χ0n) is 9.64. The van der Waals surface area contributed by atoms with Crippen LogP contribution in [0.4, 0.5) is 0 Å². The molecule has 0 radical (unpaired) electrons. The lowest BCUT2D eigenvalue weighted by Gasteiger charge is -2.05. The number of allylic oxidation sites excluding steroid dienone is 5. The highest BCUT2D eigenvalue weighted by atomic mass is 14.7. The third kappa shape index (κ3) is 2.57.